The Morgan fingerprint density at radius 1 is 1.13 bits per heavy atom. The van der Waals surface area contributed by atoms with Crippen LogP contribution in [0.25, 0.3) is 5.65 Å². The number of hydrogen-bond donors (Lipinski definition) is 1. The van der Waals surface area contributed by atoms with Crippen molar-refractivity contribution < 1.29 is 4.79 Å². The van der Waals surface area contributed by atoms with E-state index in [0.717, 1.165) is 39.4 Å². The smallest absolute Gasteiger partial charge is 0.230 e. The van der Waals surface area contributed by atoms with E-state index in [-0.39, 0.29) is 5.91 Å². The number of nitrogens with zero attached hydrogens (tertiary/aromatic N) is 2. The molecule has 0 aliphatic carbocycles. The molecule has 0 spiro atoms. The summed E-state index contributed by atoms with van der Waals surface area (Å²) < 4.78 is 2.01. The van der Waals surface area contributed by atoms with Crippen molar-refractivity contribution in [3.8, 4) is 0 Å². The Labute approximate surface area is 136 Å². The van der Waals surface area contributed by atoms with Crippen LogP contribution < -0.4 is 5.32 Å². The second-order valence-corrected chi connectivity index (χ2v) is 6.13. The highest BCUT2D eigenvalue weighted by Gasteiger charge is 2.14. The number of carbonyl (C=O) groups excluding carboxylic acids is 1. The van der Waals surface area contributed by atoms with Gasteiger partial charge in [0.05, 0.1) is 17.8 Å². The maximum Gasteiger partial charge on any atom is 0.230 e. The Morgan fingerprint density at radius 3 is 2.52 bits per heavy atom. The van der Waals surface area contributed by atoms with Gasteiger partial charge >= 0.3 is 0 Å². The summed E-state index contributed by atoms with van der Waals surface area (Å²) in [5.41, 5.74) is 6.98. The summed E-state index contributed by atoms with van der Waals surface area (Å²) in [5.74, 6) is -0.0265. The molecule has 0 fully saturated rings. The van der Waals surface area contributed by atoms with Gasteiger partial charge < -0.3 is 9.72 Å². The van der Waals surface area contributed by atoms with Gasteiger partial charge in [0.1, 0.15) is 5.65 Å². The lowest BCUT2D eigenvalue weighted by Gasteiger charge is -2.08. The fourth-order valence-electron chi connectivity index (χ4n) is 2.98. The molecule has 23 heavy (non-hydrogen) atoms. The average Bonchev–Trinajstić information content (AvgIpc) is 2.76. The van der Waals surface area contributed by atoms with Crippen molar-refractivity contribution in [3.63, 3.8) is 0 Å². The zero-order chi connectivity index (χ0) is 16.6. The van der Waals surface area contributed by atoms with E-state index in [1.165, 1.54) is 0 Å². The minimum atomic E-state index is -0.0265. The lowest BCUT2D eigenvalue weighted by Crippen LogP contribution is -2.16. The molecule has 0 saturated heterocycles. The molecule has 0 unspecified atom stereocenters. The van der Waals surface area contributed by atoms with Crippen LogP contribution in [0.2, 0.25) is 0 Å². The first kappa shape index (κ1) is 15.3. The third kappa shape index (κ3) is 3.11. The van der Waals surface area contributed by atoms with Crippen LogP contribution in [0.1, 0.15) is 28.1 Å². The number of fused-ring (bicyclic) bond motifs is 1. The zero-order valence-corrected chi connectivity index (χ0v) is 14.0. The molecule has 4 heteroatoms. The van der Waals surface area contributed by atoms with E-state index in [9.17, 15) is 4.79 Å². The highest BCUT2D eigenvalue weighted by molar-refractivity contribution is 5.92. The lowest BCUT2D eigenvalue weighted by atomic mass is 10.1. The number of pyridine rings is 1. The Kier molecular flexibility index (Phi) is 3.90. The summed E-state index contributed by atoms with van der Waals surface area (Å²) in [6.07, 6.45) is 2.27. The molecule has 0 saturated carbocycles. The van der Waals surface area contributed by atoms with Crippen LogP contribution in [0.4, 0.5) is 5.69 Å². The van der Waals surface area contributed by atoms with Crippen molar-refractivity contribution in [3.05, 3.63) is 64.6 Å². The van der Waals surface area contributed by atoms with E-state index in [4.69, 9.17) is 0 Å². The number of rotatable bonds is 3. The number of benzene rings is 1. The lowest BCUT2D eigenvalue weighted by molar-refractivity contribution is -0.115. The van der Waals surface area contributed by atoms with Crippen LogP contribution in [0, 0.1) is 27.7 Å². The third-order valence-electron chi connectivity index (χ3n) is 3.98. The number of imidazole rings is 1. The average molecular weight is 307 g/mol. The van der Waals surface area contributed by atoms with Crippen molar-refractivity contribution in [1.82, 2.24) is 9.38 Å². The van der Waals surface area contributed by atoms with E-state index in [2.05, 4.69) is 16.4 Å². The van der Waals surface area contributed by atoms with Crippen molar-refractivity contribution in [2.24, 2.45) is 0 Å². The van der Waals surface area contributed by atoms with Crippen LogP contribution in [0.5, 0.6) is 0 Å². The molecule has 3 rings (SSSR count). The van der Waals surface area contributed by atoms with Gasteiger partial charge in [-0.3, -0.25) is 4.79 Å². The van der Waals surface area contributed by atoms with Gasteiger partial charge in [-0.2, -0.15) is 0 Å². The Morgan fingerprint density at radius 2 is 1.83 bits per heavy atom. The van der Waals surface area contributed by atoms with Gasteiger partial charge in [0, 0.05) is 11.9 Å². The SMILES string of the molecule is Cc1cc(C)cc(NC(=O)Cc2c(C)nc3c(C)cccn23)c1. The van der Waals surface area contributed by atoms with Crippen molar-refractivity contribution in [2.45, 2.75) is 34.1 Å². The van der Waals surface area contributed by atoms with E-state index in [0.29, 0.717) is 6.42 Å². The number of aryl methyl sites for hydroxylation is 4. The zero-order valence-electron chi connectivity index (χ0n) is 14.0. The standard InChI is InChI=1S/C19H21N3O/c1-12-8-13(2)10-16(9-12)21-18(23)11-17-15(4)20-19-14(3)6-5-7-22(17)19/h5-10H,11H2,1-4H3,(H,21,23). The molecule has 0 aliphatic heterocycles. The van der Waals surface area contributed by atoms with Crippen LogP contribution in [-0.4, -0.2) is 15.3 Å². The largest absolute Gasteiger partial charge is 0.326 e. The van der Waals surface area contributed by atoms with E-state index >= 15 is 0 Å². The van der Waals surface area contributed by atoms with Crippen molar-refractivity contribution >= 4 is 17.2 Å². The van der Waals surface area contributed by atoms with Gasteiger partial charge in [0.25, 0.3) is 0 Å². The molecular weight excluding hydrogens is 286 g/mol. The number of anilines is 1. The number of aromatic nitrogens is 2. The predicted molar refractivity (Wildman–Crippen MR) is 92.9 cm³/mol. The van der Waals surface area contributed by atoms with E-state index < -0.39 is 0 Å². The number of carbonyl (C=O) groups is 1. The topological polar surface area (TPSA) is 46.4 Å². The van der Waals surface area contributed by atoms with Crippen LogP contribution in [0.15, 0.2) is 36.5 Å². The minimum absolute atomic E-state index is 0.0265. The summed E-state index contributed by atoms with van der Waals surface area (Å²) in [4.78, 5) is 17.0. The molecule has 2 heterocycles. The van der Waals surface area contributed by atoms with E-state index in [1.807, 2.05) is 62.6 Å². The summed E-state index contributed by atoms with van der Waals surface area (Å²) in [7, 11) is 0. The Balaban J connectivity index is 1.86. The highest BCUT2D eigenvalue weighted by Crippen LogP contribution is 2.18. The number of hydrogen-bond acceptors (Lipinski definition) is 2. The third-order valence-corrected chi connectivity index (χ3v) is 3.98. The molecule has 1 aromatic carbocycles. The molecular formula is C19H21N3O. The second-order valence-electron chi connectivity index (χ2n) is 6.13. The Hall–Kier alpha value is -2.62. The quantitative estimate of drug-likeness (QED) is 0.801. The molecule has 0 bridgehead atoms. The maximum absolute atomic E-state index is 12.4. The highest BCUT2D eigenvalue weighted by atomic mass is 16.1. The van der Waals surface area contributed by atoms with Crippen molar-refractivity contribution in [1.29, 1.82) is 0 Å². The van der Waals surface area contributed by atoms with Gasteiger partial charge in [0.15, 0.2) is 0 Å². The molecule has 4 nitrogen and oxygen atoms in total. The van der Waals surface area contributed by atoms with E-state index in [1.54, 1.807) is 0 Å². The molecule has 3 aromatic rings. The molecule has 2 aromatic heterocycles. The van der Waals surface area contributed by atoms with Crippen LogP contribution in [-0.2, 0) is 11.2 Å². The van der Waals surface area contributed by atoms with Crippen LogP contribution in [0.3, 0.4) is 0 Å². The van der Waals surface area contributed by atoms with Gasteiger partial charge in [-0.25, -0.2) is 4.98 Å². The fraction of sp³-hybridized carbons (Fsp3) is 0.263. The van der Waals surface area contributed by atoms with Gasteiger partial charge in [-0.15, -0.1) is 0 Å². The van der Waals surface area contributed by atoms with Crippen LogP contribution >= 0.6 is 0 Å². The normalized spacial score (nSPS) is 11.0. The molecule has 1 N–H and O–H groups in total. The second kappa shape index (κ2) is 5.88. The summed E-state index contributed by atoms with van der Waals surface area (Å²) in [6, 6.07) is 10.1. The first-order chi connectivity index (χ1) is 10.9. The summed E-state index contributed by atoms with van der Waals surface area (Å²) in [5, 5.41) is 2.99. The summed E-state index contributed by atoms with van der Waals surface area (Å²) >= 11 is 0. The first-order valence-corrected chi connectivity index (χ1v) is 7.75. The Bertz CT molecular complexity index is 873. The number of nitrogens with one attached hydrogen (secondary N) is 1. The molecule has 0 aliphatic rings. The fourth-order valence-corrected chi connectivity index (χ4v) is 2.98. The molecule has 0 atom stereocenters. The summed E-state index contributed by atoms with van der Waals surface area (Å²) in [6.45, 7) is 8.03. The first-order valence-electron chi connectivity index (χ1n) is 7.75. The van der Waals surface area contributed by atoms with Crippen molar-refractivity contribution in [2.75, 3.05) is 5.32 Å². The van der Waals surface area contributed by atoms with Gasteiger partial charge in [0.2, 0.25) is 5.91 Å². The number of amides is 1. The predicted octanol–water partition coefficient (Wildman–Crippen LogP) is 3.75. The molecule has 118 valence electrons. The molecule has 1 amide bonds. The maximum atomic E-state index is 12.4. The monoisotopic (exact) mass is 307 g/mol. The molecule has 0 radical (unpaired) electrons. The minimum Gasteiger partial charge on any atom is -0.326 e. The van der Waals surface area contributed by atoms with Gasteiger partial charge in [-0.1, -0.05) is 12.1 Å². The van der Waals surface area contributed by atoms with Gasteiger partial charge in [-0.05, 0) is 62.6 Å².